The van der Waals surface area contributed by atoms with Crippen LogP contribution in [0.5, 0.6) is 0 Å². The molecule has 68 valence electrons. The van der Waals surface area contributed by atoms with Gasteiger partial charge in [0.15, 0.2) is 0 Å². The van der Waals surface area contributed by atoms with Crippen molar-refractivity contribution >= 4 is 5.78 Å². The molecule has 2 bridgehead atoms. The van der Waals surface area contributed by atoms with Crippen LogP contribution >= 0.6 is 0 Å². The summed E-state index contributed by atoms with van der Waals surface area (Å²) in [4.78, 5) is 11.3. The van der Waals surface area contributed by atoms with Gasteiger partial charge in [0.05, 0.1) is 0 Å². The van der Waals surface area contributed by atoms with Crippen molar-refractivity contribution in [3.8, 4) is 0 Å². The number of rotatable bonds is 0. The lowest BCUT2D eigenvalue weighted by atomic mass is 9.45. The summed E-state index contributed by atoms with van der Waals surface area (Å²) in [5.74, 6) is 0.971. The maximum Gasteiger partial charge on any atom is 0.136 e. The summed E-state index contributed by atoms with van der Waals surface area (Å²) >= 11 is 0. The van der Waals surface area contributed by atoms with Crippen molar-refractivity contribution in [1.82, 2.24) is 0 Å². The van der Waals surface area contributed by atoms with Crippen molar-refractivity contribution < 1.29 is 4.79 Å². The Morgan fingerprint density at radius 3 is 2.25 bits per heavy atom. The van der Waals surface area contributed by atoms with Crippen LogP contribution in [-0.4, -0.2) is 5.78 Å². The van der Waals surface area contributed by atoms with Crippen LogP contribution in [-0.2, 0) is 4.79 Å². The predicted molar refractivity (Wildman–Crippen MR) is 48.9 cm³/mol. The van der Waals surface area contributed by atoms with Crippen LogP contribution in [0.4, 0.5) is 0 Å². The molecule has 1 nitrogen and oxygen atoms in total. The second-order valence-electron chi connectivity index (χ2n) is 5.60. The molecule has 0 aliphatic heterocycles. The SMILES string of the molecule is CC(C)(C)C12CCC(=O)C(C1)C2. The fraction of sp³-hybridized carbons (Fsp3) is 0.909. The van der Waals surface area contributed by atoms with E-state index in [4.69, 9.17) is 0 Å². The van der Waals surface area contributed by atoms with Crippen LogP contribution in [0.25, 0.3) is 0 Å². The first-order chi connectivity index (χ1) is 5.45. The van der Waals surface area contributed by atoms with Gasteiger partial charge < -0.3 is 0 Å². The largest absolute Gasteiger partial charge is 0.299 e. The van der Waals surface area contributed by atoms with Crippen molar-refractivity contribution in [1.29, 1.82) is 0 Å². The van der Waals surface area contributed by atoms with Gasteiger partial charge >= 0.3 is 0 Å². The van der Waals surface area contributed by atoms with Gasteiger partial charge in [-0.1, -0.05) is 20.8 Å². The molecule has 0 N–H and O–H groups in total. The highest BCUT2D eigenvalue weighted by atomic mass is 16.1. The number of carbonyl (C=O) groups is 1. The van der Waals surface area contributed by atoms with E-state index in [9.17, 15) is 4.79 Å². The molecule has 1 heteroatoms. The van der Waals surface area contributed by atoms with Crippen molar-refractivity contribution in [2.45, 2.75) is 46.5 Å². The standard InChI is InChI=1S/C11H18O/c1-10(2,3)11-5-4-9(12)8(6-11)7-11/h8H,4-7H2,1-3H3. The first-order valence-corrected chi connectivity index (χ1v) is 4.97. The van der Waals surface area contributed by atoms with Crippen molar-refractivity contribution in [2.75, 3.05) is 0 Å². The Labute approximate surface area is 74.5 Å². The molecule has 0 spiro atoms. The Morgan fingerprint density at radius 1 is 1.33 bits per heavy atom. The Hall–Kier alpha value is -0.330. The molecule has 3 aliphatic carbocycles. The summed E-state index contributed by atoms with van der Waals surface area (Å²) in [7, 11) is 0. The molecule has 0 saturated heterocycles. The van der Waals surface area contributed by atoms with Crippen molar-refractivity contribution in [3.05, 3.63) is 0 Å². The number of fused-ring (bicyclic) bond motifs is 2. The highest BCUT2D eigenvalue weighted by Gasteiger charge is 2.56. The molecule has 3 aliphatic rings. The third kappa shape index (κ3) is 0.884. The quantitative estimate of drug-likeness (QED) is 0.541. The van der Waals surface area contributed by atoms with E-state index >= 15 is 0 Å². The predicted octanol–water partition coefficient (Wildman–Crippen LogP) is 2.79. The maximum absolute atomic E-state index is 11.3. The third-order valence-corrected chi connectivity index (χ3v) is 4.17. The molecule has 0 unspecified atom stereocenters. The Kier molecular flexibility index (Phi) is 1.47. The van der Waals surface area contributed by atoms with Crippen molar-refractivity contribution in [2.24, 2.45) is 16.7 Å². The second kappa shape index (κ2) is 2.12. The van der Waals surface area contributed by atoms with Crippen LogP contribution in [0.3, 0.4) is 0 Å². The second-order valence-corrected chi connectivity index (χ2v) is 5.60. The zero-order chi connectivity index (χ0) is 8.98. The Bertz CT molecular complexity index is 210. The van der Waals surface area contributed by atoms with E-state index < -0.39 is 0 Å². The average molecular weight is 166 g/mol. The summed E-state index contributed by atoms with van der Waals surface area (Å²) in [6.45, 7) is 6.96. The van der Waals surface area contributed by atoms with E-state index in [2.05, 4.69) is 20.8 Å². The Balaban J connectivity index is 2.16. The number of ketones is 1. The number of carbonyl (C=O) groups excluding carboxylic acids is 1. The van der Waals surface area contributed by atoms with Crippen LogP contribution in [0.15, 0.2) is 0 Å². The van der Waals surface area contributed by atoms with Crippen LogP contribution in [0.2, 0.25) is 0 Å². The molecule has 12 heavy (non-hydrogen) atoms. The first-order valence-electron chi connectivity index (χ1n) is 4.97. The van der Waals surface area contributed by atoms with E-state index in [1.165, 1.54) is 12.8 Å². The monoisotopic (exact) mass is 166 g/mol. The summed E-state index contributed by atoms with van der Waals surface area (Å²) in [6, 6.07) is 0. The number of Topliss-reactive ketones (excluding diaryl/α,β-unsaturated/α-hetero) is 1. The maximum atomic E-state index is 11.3. The summed E-state index contributed by atoms with van der Waals surface area (Å²) in [5.41, 5.74) is 0.926. The average Bonchev–Trinajstić information content (AvgIpc) is 1.82. The minimum atomic E-state index is 0.407. The Morgan fingerprint density at radius 2 is 1.92 bits per heavy atom. The van der Waals surface area contributed by atoms with Gasteiger partial charge in [-0.2, -0.15) is 0 Å². The van der Waals surface area contributed by atoms with E-state index in [1.54, 1.807) is 0 Å². The van der Waals surface area contributed by atoms with Crippen LogP contribution in [0, 0.1) is 16.7 Å². The van der Waals surface area contributed by atoms with E-state index in [0.717, 1.165) is 12.8 Å². The minimum Gasteiger partial charge on any atom is -0.299 e. The molecule has 0 heterocycles. The summed E-state index contributed by atoms with van der Waals surface area (Å²) < 4.78 is 0. The fourth-order valence-electron chi connectivity index (χ4n) is 2.87. The number of hydrogen-bond acceptors (Lipinski definition) is 1. The van der Waals surface area contributed by atoms with Gasteiger partial charge in [-0.25, -0.2) is 0 Å². The lowest BCUT2D eigenvalue weighted by molar-refractivity contribution is -0.150. The zero-order valence-corrected chi connectivity index (χ0v) is 8.31. The van der Waals surface area contributed by atoms with Gasteiger partial charge in [0.2, 0.25) is 0 Å². The third-order valence-electron chi connectivity index (χ3n) is 4.17. The highest BCUT2D eigenvalue weighted by molar-refractivity contribution is 5.83. The molecule has 0 amide bonds. The smallest absolute Gasteiger partial charge is 0.136 e. The molecule has 3 rings (SSSR count). The lowest BCUT2D eigenvalue weighted by Crippen LogP contribution is -2.53. The van der Waals surface area contributed by atoms with E-state index in [0.29, 0.717) is 22.5 Å². The summed E-state index contributed by atoms with van der Waals surface area (Å²) in [5, 5.41) is 0. The van der Waals surface area contributed by atoms with Gasteiger partial charge in [-0.3, -0.25) is 4.79 Å². The minimum absolute atomic E-state index is 0.407. The molecule has 3 saturated carbocycles. The number of hydrogen-bond donors (Lipinski definition) is 0. The molecule has 0 radical (unpaired) electrons. The van der Waals surface area contributed by atoms with Crippen LogP contribution in [0.1, 0.15) is 46.5 Å². The fourth-order valence-corrected chi connectivity index (χ4v) is 2.87. The highest BCUT2D eigenvalue weighted by Crippen LogP contribution is 2.62. The molecular formula is C11H18O. The van der Waals surface area contributed by atoms with Gasteiger partial charge in [0, 0.05) is 12.3 Å². The molecule has 3 fully saturated rings. The molecule has 0 aromatic heterocycles. The lowest BCUT2D eigenvalue weighted by Gasteiger charge is -2.59. The molecule has 0 aromatic carbocycles. The van der Waals surface area contributed by atoms with Crippen molar-refractivity contribution in [3.63, 3.8) is 0 Å². The van der Waals surface area contributed by atoms with Crippen LogP contribution < -0.4 is 0 Å². The molecule has 0 aromatic rings. The van der Waals surface area contributed by atoms with Gasteiger partial charge in [0.25, 0.3) is 0 Å². The van der Waals surface area contributed by atoms with Gasteiger partial charge in [-0.05, 0) is 30.1 Å². The van der Waals surface area contributed by atoms with Gasteiger partial charge in [-0.15, -0.1) is 0 Å². The zero-order valence-electron chi connectivity index (χ0n) is 8.31. The topological polar surface area (TPSA) is 17.1 Å². The normalized spacial score (nSPS) is 40.9. The summed E-state index contributed by atoms with van der Waals surface area (Å²) in [6.07, 6.45) is 4.35. The first kappa shape index (κ1) is 8.28. The van der Waals surface area contributed by atoms with Gasteiger partial charge in [0.1, 0.15) is 5.78 Å². The van der Waals surface area contributed by atoms with E-state index in [1.807, 2.05) is 0 Å². The van der Waals surface area contributed by atoms with E-state index in [-0.39, 0.29) is 0 Å². The molecular weight excluding hydrogens is 148 g/mol. The molecule has 0 atom stereocenters.